The van der Waals surface area contributed by atoms with Crippen LogP contribution in [0.2, 0.25) is 5.02 Å². The van der Waals surface area contributed by atoms with Crippen LogP contribution in [0.1, 0.15) is 16.1 Å². The summed E-state index contributed by atoms with van der Waals surface area (Å²) in [5, 5.41) is 3.72. The van der Waals surface area contributed by atoms with E-state index in [0.717, 1.165) is 0 Å². The van der Waals surface area contributed by atoms with Crippen LogP contribution in [0.4, 0.5) is 10.1 Å². The van der Waals surface area contributed by atoms with Crippen molar-refractivity contribution in [3.05, 3.63) is 64.6 Å². The average molecular weight is 345 g/mol. The van der Waals surface area contributed by atoms with E-state index in [1.807, 2.05) is 0 Å². The topological polar surface area (TPSA) is 51.2 Å². The molecule has 3 rings (SSSR count). The largest absolute Gasteiger partial charge is 0.497 e. The predicted octanol–water partition coefficient (Wildman–Crippen LogP) is 4.60. The molecule has 0 spiro atoms. The van der Waals surface area contributed by atoms with Crippen molar-refractivity contribution in [1.82, 2.24) is 4.98 Å². The Balaban J connectivity index is 2.03. The summed E-state index contributed by atoms with van der Waals surface area (Å²) in [7, 11) is 1.53. The highest BCUT2D eigenvalue weighted by molar-refractivity contribution is 6.34. The van der Waals surface area contributed by atoms with Crippen LogP contribution >= 0.6 is 11.6 Å². The summed E-state index contributed by atoms with van der Waals surface area (Å²) in [6.45, 7) is 1.75. The minimum atomic E-state index is -0.400. The van der Waals surface area contributed by atoms with E-state index in [4.69, 9.17) is 16.3 Å². The van der Waals surface area contributed by atoms with Gasteiger partial charge in [-0.25, -0.2) is 4.39 Å². The molecular formula is C18H14ClFN2O2. The van der Waals surface area contributed by atoms with Gasteiger partial charge < -0.3 is 10.1 Å². The van der Waals surface area contributed by atoms with Crippen LogP contribution in [0, 0.1) is 12.7 Å². The van der Waals surface area contributed by atoms with E-state index in [2.05, 4.69) is 10.3 Å². The number of nitrogens with zero attached hydrogens (tertiary/aromatic N) is 1. The molecule has 0 aliphatic carbocycles. The number of carbonyl (C=O) groups is 1. The van der Waals surface area contributed by atoms with E-state index in [-0.39, 0.29) is 5.91 Å². The average Bonchev–Trinajstić information content (AvgIpc) is 2.55. The van der Waals surface area contributed by atoms with Gasteiger partial charge in [0.1, 0.15) is 11.6 Å². The van der Waals surface area contributed by atoms with Crippen molar-refractivity contribution in [3.63, 3.8) is 0 Å². The Bertz CT molecular complexity index is 938. The number of rotatable bonds is 3. The summed E-state index contributed by atoms with van der Waals surface area (Å²) < 4.78 is 18.6. The molecule has 1 heterocycles. The van der Waals surface area contributed by atoms with Crippen molar-refractivity contribution >= 4 is 34.1 Å². The fourth-order valence-corrected chi connectivity index (χ4v) is 2.60. The monoisotopic (exact) mass is 344 g/mol. The van der Waals surface area contributed by atoms with Gasteiger partial charge >= 0.3 is 0 Å². The fourth-order valence-electron chi connectivity index (χ4n) is 2.44. The number of pyridine rings is 1. The second-order valence-corrected chi connectivity index (χ2v) is 5.68. The molecule has 24 heavy (non-hydrogen) atoms. The molecule has 0 atom stereocenters. The van der Waals surface area contributed by atoms with Crippen LogP contribution in [-0.2, 0) is 0 Å². The van der Waals surface area contributed by atoms with E-state index in [0.29, 0.717) is 38.6 Å². The zero-order chi connectivity index (χ0) is 17.3. The van der Waals surface area contributed by atoms with E-state index in [1.165, 1.54) is 19.2 Å². The Hall–Kier alpha value is -2.66. The molecule has 6 heteroatoms. The number of methoxy groups -OCH3 is 1. The standard InChI is InChI=1S/C18H14ClFN2O2/c1-10-7-14(13-5-3-11(20)8-16(13)21-10)18(23)22-17-9-12(24-2)4-6-15(17)19/h3-9H,1-2H3,(H,22,23). The highest BCUT2D eigenvalue weighted by atomic mass is 35.5. The number of amides is 1. The smallest absolute Gasteiger partial charge is 0.256 e. The Kier molecular flexibility index (Phi) is 4.36. The quantitative estimate of drug-likeness (QED) is 0.755. The molecule has 1 aromatic heterocycles. The van der Waals surface area contributed by atoms with Gasteiger partial charge in [-0.2, -0.15) is 0 Å². The third kappa shape index (κ3) is 3.16. The molecule has 1 amide bonds. The summed E-state index contributed by atoms with van der Waals surface area (Å²) in [6.07, 6.45) is 0. The molecule has 0 saturated carbocycles. The lowest BCUT2D eigenvalue weighted by atomic mass is 10.1. The molecular weight excluding hydrogens is 331 g/mol. The van der Waals surface area contributed by atoms with Crippen LogP contribution in [0.5, 0.6) is 5.75 Å². The Labute approximate surface area is 143 Å². The fraction of sp³-hybridized carbons (Fsp3) is 0.111. The first-order chi connectivity index (χ1) is 11.5. The lowest BCUT2D eigenvalue weighted by Crippen LogP contribution is -2.13. The molecule has 0 saturated heterocycles. The third-order valence-electron chi connectivity index (χ3n) is 3.57. The maximum atomic E-state index is 13.4. The minimum absolute atomic E-state index is 0.354. The van der Waals surface area contributed by atoms with Gasteiger partial charge in [0.15, 0.2) is 0 Å². The molecule has 122 valence electrons. The number of anilines is 1. The SMILES string of the molecule is COc1ccc(Cl)c(NC(=O)c2cc(C)nc3cc(F)ccc23)c1. The summed E-state index contributed by atoms with van der Waals surface area (Å²) in [6, 6.07) is 10.8. The molecule has 2 aromatic carbocycles. The number of ether oxygens (including phenoxy) is 1. The van der Waals surface area contributed by atoms with Gasteiger partial charge in [-0.1, -0.05) is 11.6 Å². The van der Waals surface area contributed by atoms with Crippen molar-refractivity contribution in [1.29, 1.82) is 0 Å². The number of aryl methyl sites for hydroxylation is 1. The van der Waals surface area contributed by atoms with Crippen molar-refractivity contribution in [2.75, 3.05) is 12.4 Å². The summed E-state index contributed by atoms with van der Waals surface area (Å²) in [5.41, 5.74) is 1.88. The second-order valence-electron chi connectivity index (χ2n) is 5.27. The summed E-state index contributed by atoms with van der Waals surface area (Å²) in [5.74, 6) is -0.178. The first kappa shape index (κ1) is 16.2. The van der Waals surface area contributed by atoms with Gasteiger partial charge in [0.05, 0.1) is 28.9 Å². The number of benzene rings is 2. The molecule has 0 fully saturated rings. The van der Waals surface area contributed by atoms with Crippen LogP contribution in [0.3, 0.4) is 0 Å². The van der Waals surface area contributed by atoms with Crippen LogP contribution in [-0.4, -0.2) is 18.0 Å². The molecule has 0 aliphatic rings. The normalized spacial score (nSPS) is 10.7. The number of hydrogen-bond acceptors (Lipinski definition) is 3. The number of aromatic nitrogens is 1. The molecule has 1 N–H and O–H groups in total. The molecule has 0 aliphatic heterocycles. The molecule has 3 aromatic rings. The zero-order valence-corrected chi connectivity index (χ0v) is 13.8. The van der Waals surface area contributed by atoms with E-state index >= 15 is 0 Å². The maximum Gasteiger partial charge on any atom is 0.256 e. The van der Waals surface area contributed by atoms with E-state index < -0.39 is 5.82 Å². The van der Waals surface area contributed by atoms with Gasteiger partial charge in [-0.3, -0.25) is 9.78 Å². The van der Waals surface area contributed by atoms with Crippen molar-refractivity contribution in [2.45, 2.75) is 6.92 Å². The van der Waals surface area contributed by atoms with Crippen molar-refractivity contribution in [3.8, 4) is 5.75 Å². The number of fused-ring (bicyclic) bond motifs is 1. The number of halogens is 2. The molecule has 0 bridgehead atoms. The zero-order valence-electron chi connectivity index (χ0n) is 13.1. The first-order valence-electron chi connectivity index (χ1n) is 7.20. The highest BCUT2D eigenvalue weighted by Crippen LogP contribution is 2.28. The van der Waals surface area contributed by atoms with Crippen LogP contribution in [0.25, 0.3) is 10.9 Å². The lowest BCUT2D eigenvalue weighted by Gasteiger charge is -2.11. The van der Waals surface area contributed by atoms with Gasteiger partial charge in [0, 0.05) is 23.2 Å². The predicted molar refractivity (Wildman–Crippen MR) is 92.4 cm³/mol. The number of hydrogen-bond donors (Lipinski definition) is 1. The molecule has 0 unspecified atom stereocenters. The summed E-state index contributed by atoms with van der Waals surface area (Å²) in [4.78, 5) is 17.0. The number of nitrogens with one attached hydrogen (secondary N) is 1. The minimum Gasteiger partial charge on any atom is -0.497 e. The lowest BCUT2D eigenvalue weighted by molar-refractivity contribution is 0.102. The maximum absolute atomic E-state index is 13.4. The molecule has 0 radical (unpaired) electrons. The Morgan fingerprint density at radius 1 is 1.21 bits per heavy atom. The van der Waals surface area contributed by atoms with Gasteiger partial charge in [0.2, 0.25) is 0 Å². The van der Waals surface area contributed by atoms with Crippen molar-refractivity contribution in [2.24, 2.45) is 0 Å². The second kappa shape index (κ2) is 6.45. The van der Waals surface area contributed by atoms with E-state index in [9.17, 15) is 9.18 Å². The third-order valence-corrected chi connectivity index (χ3v) is 3.90. The first-order valence-corrected chi connectivity index (χ1v) is 7.57. The number of carbonyl (C=O) groups excluding carboxylic acids is 1. The van der Waals surface area contributed by atoms with Gasteiger partial charge in [-0.05, 0) is 37.3 Å². The molecule has 4 nitrogen and oxygen atoms in total. The van der Waals surface area contributed by atoms with Gasteiger partial charge in [0.25, 0.3) is 5.91 Å². The summed E-state index contributed by atoms with van der Waals surface area (Å²) >= 11 is 6.12. The van der Waals surface area contributed by atoms with Crippen molar-refractivity contribution < 1.29 is 13.9 Å². The Morgan fingerprint density at radius 3 is 2.75 bits per heavy atom. The van der Waals surface area contributed by atoms with Crippen LogP contribution < -0.4 is 10.1 Å². The Morgan fingerprint density at radius 2 is 2.00 bits per heavy atom. The van der Waals surface area contributed by atoms with E-state index in [1.54, 1.807) is 37.3 Å². The highest BCUT2D eigenvalue weighted by Gasteiger charge is 2.14. The van der Waals surface area contributed by atoms with Crippen LogP contribution in [0.15, 0.2) is 42.5 Å². The van der Waals surface area contributed by atoms with Gasteiger partial charge in [-0.15, -0.1) is 0 Å².